The number of benzene rings is 8. The zero-order chi connectivity index (χ0) is 47.9. The summed E-state index contributed by atoms with van der Waals surface area (Å²) in [6.45, 7) is 0. The van der Waals surface area contributed by atoms with E-state index < -0.39 is 10.8 Å². The Morgan fingerprint density at radius 1 is 0.360 bits per heavy atom. The fraction of sp³-hybridized carbons (Fsp3) is 0.274. The van der Waals surface area contributed by atoms with Gasteiger partial charge in [0, 0.05) is 33.2 Å². The molecule has 12 aliphatic rings. The zero-order valence-electron chi connectivity index (χ0n) is 42.1. The quantitative estimate of drug-likeness (QED) is 0.148. The first-order valence-corrected chi connectivity index (χ1v) is 29.0. The molecule has 4 unspecified atom stereocenters. The number of aromatic nitrogens is 2. The summed E-state index contributed by atoms with van der Waals surface area (Å²) in [4.78, 5) is 5.79. The molecule has 0 radical (unpaired) electrons. The average molecular weight is 959 g/mol. The lowest BCUT2D eigenvalue weighted by Gasteiger charge is -2.38. The molecule has 8 bridgehead atoms. The van der Waals surface area contributed by atoms with Gasteiger partial charge >= 0.3 is 0 Å². The van der Waals surface area contributed by atoms with Crippen molar-refractivity contribution in [2.75, 3.05) is 0 Å². The molecule has 3 heterocycles. The Kier molecular flexibility index (Phi) is 6.71. The van der Waals surface area contributed by atoms with Crippen molar-refractivity contribution in [3.05, 3.63) is 225 Å². The molecule has 8 aromatic carbocycles. The van der Waals surface area contributed by atoms with Crippen LogP contribution in [0.25, 0.3) is 82.6 Å². The van der Waals surface area contributed by atoms with Crippen molar-refractivity contribution in [2.45, 2.75) is 98.7 Å². The second kappa shape index (κ2) is 12.9. The third-order valence-corrected chi connectivity index (χ3v) is 23.0. The van der Waals surface area contributed by atoms with Crippen LogP contribution in [0.5, 0.6) is 0 Å². The second-order valence-electron chi connectivity index (χ2n) is 26.0. The molecule has 4 atom stereocenters. The van der Waals surface area contributed by atoms with Gasteiger partial charge in [0.1, 0.15) is 0 Å². The summed E-state index contributed by atoms with van der Waals surface area (Å²) < 4.78 is 2.81. The van der Waals surface area contributed by atoms with Gasteiger partial charge in [0.15, 0.2) is 0 Å². The van der Waals surface area contributed by atoms with Gasteiger partial charge in [-0.25, -0.2) is 0 Å². The van der Waals surface area contributed by atoms with Gasteiger partial charge in [-0.15, -0.1) is 0 Å². The first kappa shape index (κ1) is 39.2. The molecule has 0 aliphatic heterocycles. The SMILES string of the molecule is c1ccc2c(c1)-c1ccccc1C21c2ccccc2-c2cc3c(cc21)-c1cc2c4c5c(ccc4n4c6cnc7c(c6c(c1C31c3ccccc3-c3ccccc31)c24)C1CC2CC(CC7C2)C1)C1CC2CC(C1)CC5C2. The summed E-state index contributed by atoms with van der Waals surface area (Å²) in [6.07, 6.45) is 16.0. The van der Waals surface area contributed by atoms with E-state index in [-0.39, 0.29) is 0 Å². The minimum absolute atomic E-state index is 0.434. The van der Waals surface area contributed by atoms with E-state index in [1.54, 1.807) is 27.5 Å². The summed E-state index contributed by atoms with van der Waals surface area (Å²) in [7, 11) is 0. The molecule has 4 saturated carbocycles. The Hall–Kier alpha value is -7.29. The maximum atomic E-state index is 5.79. The second-order valence-corrected chi connectivity index (χ2v) is 26.0. The van der Waals surface area contributed by atoms with E-state index in [1.807, 2.05) is 0 Å². The summed E-state index contributed by atoms with van der Waals surface area (Å²) in [5, 5.41) is 6.16. The van der Waals surface area contributed by atoms with E-state index in [0.717, 1.165) is 23.7 Å². The predicted molar refractivity (Wildman–Crippen MR) is 303 cm³/mol. The van der Waals surface area contributed by atoms with Crippen LogP contribution in [0.15, 0.2) is 158 Å². The lowest BCUT2D eigenvalue weighted by atomic mass is 9.66. The first-order chi connectivity index (χ1) is 37.1. The van der Waals surface area contributed by atoms with Crippen LogP contribution >= 0.6 is 0 Å². The zero-order valence-corrected chi connectivity index (χ0v) is 42.1. The van der Waals surface area contributed by atoms with Crippen molar-refractivity contribution in [1.29, 1.82) is 0 Å². The third kappa shape index (κ3) is 4.21. The predicted octanol–water partition coefficient (Wildman–Crippen LogP) is 17.7. The summed E-state index contributed by atoms with van der Waals surface area (Å²) in [5.74, 6) is 5.76. The van der Waals surface area contributed by atoms with Crippen LogP contribution in [0, 0.1) is 23.7 Å². The molecular weight excluding hydrogens is 905 g/mol. The van der Waals surface area contributed by atoms with Crippen molar-refractivity contribution in [1.82, 2.24) is 9.38 Å². The number of nitrogens with zero attached hydrogens (tertiary/aromatic N) is 2. The molecule has 0 N–H and O–H groups in total. The minimum Gasteiger partial charge on any atom is -0.306 e. The summed E-state index contributed by atoms with van der Waals surface area (Å²) >= 11 is 0. The van der Waals surface area contributed by atoms with Crippen LogP contribution in [0.3, 0.4) is 0 Å². The van der Waals surface area contributed by atoms with Crippen molar-refractivity contribution in [3.8, 4) is 44.5 Å². The van der Waals surface area contributed by atoms with Gasteiger partial charge in [0.25, 0.3) is 0 Å². The number of rotatable bonds is 0. The van der Waals surface area contributed by atoms with Gasteiger partial charge in [-0.05, 0) is 236 Å². The normalized spacial score (nSPS) is 26.9. The highest BCUT2D eigenvalue weighted by Gasteiger charge is 2.58. The standard InChI is InChI=1S/C73H54N2/c1-6-16-55-46(11-1)47-12-2-7-17-56(47)72(55)57-18-8-5-15-50(57)51-34-61-52(35-60(51)72)53-33-54-66-62(22-21-45-41-25-37-23-38(26-41)28-42(27-37)64(45)66)75-63-36-74-70-44-31-39-24-40(32-44)30-43(29-39)65(70)67(63)68(71(54)75)69(53)73(61)58-19-9-3-13-48(58)49-14-4-10-20-59(49)73/h1-22,33-44H,23-32H2. The molecule has 0 saturated heterocycles. The summed E-state index contributed by atoms with van der Waals surface area (Å²) in [5.41, 5.74) is 32.5. The highest BCUT2D eigenvalue weighted by atomic mass is 14.9. The maximum absolute atomic E-state index is 5.79. The van der Waals surface area contributed by atoms with Gasteiger partial charge in [0.2, 0.25) is 0 Å². The average Bonchev–Trinajstić information content (AvgIpc) is 4.35. The van der Waals surface area contributed by atoms with E-state index in [0.29, 0.717) is 23.7 Å². The Balaban J connectivity index is 0.992. The third-order valence-electron chi connectivity index (χ3n) is 23.0. The van der Waals surface area contributed by atoms with Crippen molar-refractivity contribution < 1.29 is 0 Å². The van der Waals surface area contributed by atoms with Crippen molar-refractivity contribution in [2.24, 2.45) is 23.7 Å². The van der Waals surface area contributed by atoms with Gasteiger partial charge in [-0.2, -0.15) is 0 Å². The van der Waals surface area contributed by atoms with Gasteiger partial charge in [-0.3, -0.25) is 4.98 Å². The Labute approximate surface area is 436 Å². The molecular formula is C73H54N2. The highest BCUT2D eigenvalue weighted by molar-refractivity contribution is 6.29. The molecule has 3 aromatic heterocycles. The summed E-state index contributed by atoms with van der Waals surface area (Å²) in [6, 6.07) is 61.1. The van der Waals surface area contributed by atoms with Crippen LogP contribution in [0.1, 0.15) is 155 Å². The molecule has 11 aromatic rings. The molecule has 75 heavy (non-hydrogen) atoms. The van der Waals surface area contributed by atoms with Crippen LogP contribution < -0.4 is 0 Å². The fourth-order valence-corrected chi connectivity index (χ4v) is 21.2. The molecule has 2 spiro atoms. The molecule has 12 aliphatic carbocycles. The van der Waals surface area contributed by atoms with Crippen LogP contribution in [-0.2, 0) is 10.8 Å². The van der Waals surface area contributed by atoms with Crippen LogP contribution in [0.2, 0.25) is 0 Å². The Morgan fingerprint density at radius 3 is 1.40 bits per heavy atom. The monoisotopic (exact) mass is 958 g/mol. The van der Waals surface area contributed by atoms with E-state index in [1.165, 1.54) is 186 Å². The van der Waals surface area contributed by atoms with Crippen LogP contribution in [-0.4, -0.2) is 9.38 Å². The molecule has 2 heteroatoms. The topological polar surface area (TPSA) is 17.3 Å². The fourth-order valence-electron chi connectivity index (χ4n) is 21.2. The number of pyridine rings is 1. The van der Waals surface area contributed by atoms with E-state index in [4.69, 9.17) is 4.98 Å². The highest BCUT2D eigenvalue weighted by Crippen LogP contribution is 2.71. The molecule has 356 valence electrons. The first-order valence-electron chi connectivity index (χ1n) is 29.0. The van der Waals surface area contributed by atoms with E-state index >= 15 is 0 Å². The molecule has 23 rings (SSSR count). The van der Waals surface area contributed by atoms with Gasteiger partial charge in [0.05, 0.1) is 33.6 Å². The van der Waals surface area contributed by atoms with E-state index in [9.17, 15) is 0 Å². The molecule has 4 fully saturated rings. The van der Waals surface area contributed by atoms with Crippen LogP contribution in [0.4, 0.5) is 0 Å². The maximum Gasteiger partial charge on any atom is 0.0732 e. The van der Waals surface area contributed by atoms with Gasteiger partial charge in [-0.1, -0.05) is 127 Å². The van der Waals surface area contributed by atoms with Gasteiger partial charge < -0.3 is 4.40 Å². The smallest absolute Gasteiger partial charge is 0.0732 e. The van der Waals surface area contributed by atoms with Crippen molar-refractivity contribution in [3.63, 3.8) is 0 Å². The van der Waals surface area contributed by atoms with E-state index in [2.05, 4.69) is 162 Å². The number of hydrogen-bond acceptors (Lipinski definition) is 1. The number of hydrogen-bond donors (Lipinski definition) is 0. The minimum atomic E-state index is -0.539. The van der Waals surface area contributed by atoms with Crippen molar-refractivity contribution >= 4 is 38.1 Å². The lowest BCUT2D eigenvalue weighted by molar-refractivity contribution is 0.165. The Morgan fingerprint density at radius 2 is 0.827 bits per heavy atom. The number of fused-ring (bicyclic) bond motifs is 27. The Bertz CT molecular complexity index is 4400. The molecule has 0 amide bonds. The molecule has 2 nitrogen and oxygen atoms in total. The largest absolute Gasteiger partial charge is 0.306 e. The lowest BCUT2D eigenvalue weighted by Crippen LogP contribution is -2.27.